The second-order valence-corrected chi connectivity index (χ2v) is 8.53. The van der Waals surface area contributed by atoms with Crippen LogP contribution in [0, 0.1) is 0 Å². The topological polar surface area (TPSA) is 77.5 Å². The SMILES string of the molecule is O=C(COC(=O)c1cc(-c2ccc(-c3ccccc3)cc2)nc2ccccc12)NCC1CCCO1. The highest BCUT2D eigenvalue weighted by Gasteiger charge is 2.19. The van der Waals surface area contributed by atoms with E-state index in [2.05, 4.69) is 17.4 Å². The third kappa shape index (κ3) is 5.39. The van der Waals surface area contributed by atoms with Gasteiger partial charge in [0.05, 0.1) is 22.9 Å². The summed E-state index contributed by atoms with van der Waals surface area (Å²) in [4.78, 5) is 29.9. The summed E-state index contributed by atoms with van der Waals surface area (Å²) in [6, 6.07) is 27.4. The van der Waals surface area contributed by atoms with Gasteiger partial charge in [0, 0.05) is 24.1 Å². The van der Waals surface area contributed by atoms with Gasteiger partial charge in [-0.1, -0.05) is 72.8 Å². The number of fused-ring (bicyclic) bond motifs is 1. The zero-order valence-electron chi connectivity index (χ0n) is 19.3. The normalized spacial score (nSPS) is 15.1. The maximum atomic E-state index is 13.0. The molecule has 6 heteroatoms. The molecule has 0 saturated carbocycles. The number of aromatic nitrogens is 1. The Morgan fingerprint density at radius 2 is 1.63 bits per heavy atom. The number of nitrogens with zero attached hydrogens (tertiary/aromatic N) is 1. The van der Waals surface area contributed by atoms with Gasteiger partial charge in [-0.05, 0) is 36.1 Å². The van der Waals surface area contributed by atoms with Crippen LogP contribution in [0.15, 0.2) is 84.9 Å². The molecular weight excluding hydrogens is 440 g/mol. The quantitative estimate of drug-likeness (QED) is 0.387. The lowest BCUT2D eigenvalue weighted by Gasteiger charge is -2.12. The molecule has 1 aromatic heterocycles. The number of ether oxygens (including phenoxy) is 2. The minimum atomic E-state index is -0.557. The van der Waals surface area contributed by atoms with Gasteiger partial charge in [0.25, 0.3) is 5.91 Å². The number of nitrogens with one attached hydrogen (secondary N) is 1. The average Bonchev–Trinajstić information content (AvgIpc) is 3.44. The predicted molar refractivity (Wildman–Crippen MR) is 135 cm³/mol. The highest BCUT2D eigenvalue weighted by molar-refractivity contribution is 6.05. The third-order valence-corrected chi connectivity index (χ3v) is 6.11. The number of esters is 1. The Morgan fingerprint density at radius 3 is 2.40 bits per heavy atom. The molecule has 0 spiro atoms. The summed E-state index contributed by atoms with van der Waals surface area (Å²) in [6.07, 6.45) is 1.97. The number of amides is 1. The van der Waals surface area contributed by atoms with Gasteiger partial charge in [0.1, 0.15) is 0 Å². The highest BCUT2D eigenvalue weighted by atomic mass is 16.5. The maximum absolute atomic E-state index is 13.0. The largest absolute Gasteiger partial charge is 0.452 e. The maximum Gasteiger partial charge on any atom is 0.339 e. The molecular formula is C29H26N2O4. The number of para-hydroxylation sites is 1. The number of benzene rings is 3. The molecule has 1 N–H and O–H groups in total. The molecule has 6 nitrogen and oxygen atoms in total. The first-order valence-electron chi connectivity index (χ1n) is 11.8. The minimum Gasteiger partial charge on any atom is -0.452 e. The van der Waals surface area contributed by atoms with E-state index >= 15 is 0 Å². The van der Waals surface area contributed by atoms with E-state index in [0.717, 1.165) is 36.1 Å². The van der Waals surface area contributed by atoms with Gasteiger partial charge in [0.2, 0.25) is 0 Å². The van der Waals surface area contributed by atoms with E-state index in [1.807, 2.05) is 66.7 Å². The predicted octanol–water partition coefficient (Wildman–Crippen LogP) is 5.02. The Balaban J connectivity index is 1.34. The molecule has 1 fully saturated rings. The third-order valence-electron chi connectivity index (χ3n) is 6.11. The molecule has 1 aliphatic heterocycles. The molecule has 0 radical (unpaired) electrons. The lowest BCUT2D eigenvalue weighted by molar-refractivity contribution is -0.124. The second-order valence-electron chi connectivity index (χ2n) is 8.53. The van der Waals surface area contributed by atoms with Crippen molar-refractivity contribution in [2.75, 3.05) is 19.8 Å². The lowest BCUT2D eigenvalue weighted by atomic mass is 10.0. The van der Waals surface area contributed by atoms with Gasteiger partial charge in [-0.3, -0.25) is 4.79 Å². The number of pyridine rings is 1. The first kappa shape index (κ1) is 22.7. The summed E-state index contributed by atoms with van der Waals surface area (Å²) in [7, 11) is 0. The van der Waals surface area contributed by atoms with Gasteiger partial charge in [0.15, 0.2) is 6.61 Å². The van der Waals surface area contributed by atoms with Gasteiger partial charge in [-0.25, -0.2) is 9.78 Å². The molecule has 0 aliphatic carbocycles. The van der Waals surface area contributed by atoms with Crippen molar-refractivity contribution in [1.82, 2.24) is 10.3 Å². The summed E-state index contributed by atoms with van der Waals surface area (Å²) in [5.74, 6) is -0.901. The van der Waals surface area contributed by atoms with Crippen molar-refractivity contribution in [3.63, 3.8) is 0 Å². The van der Waals surface area contributed by atoms with Crippen LogP contribution in [-0.4, -0.2) is 42.7 Å². The molecule has 35 heavy (non-hydrogen) atoms. The van der Waals surface area contributed by atoms with Crippen LogP contribution < -0.4 is 5.32 Å². The Kier molecular flexibility index (Phi) is 6.82. The van der Waals surface area contributed by atoms with E-state index in [4.69, 9.17) is 14.5 Å². The first-order valence-corrected chi connectivity index (χ1v) is 11.8. The van der Waals surface area contributed by atoms with E-state index in [-0.39, 0.29) is 18.6 Å². The van der Waals surface area contributed by atoms with Crippen LogP contribution in [0.5, 0.6) is 0 Å². The van der Waals surface area contributed by atoms with Gasteiger partial charge in [-0.2, -0.15) is 0 Å². The van der Waals surface area contributed by atoms with Crippen LogP contribution in [0.3, 0.4) is 0 Å². The zero-order valence-corrected chi connectivity index (χ0v) is 19.3. The molecule has 5 rings (SSSR count). The van der Waals surface area contributed by atoms with Crippen LogP contribution in [0.25, 0.3) is 33.3 Å². The Morgan fingerprint density at radius 1 is 0.914 bits per heavy atom. The van der Waals surface area contributed by atoms with Crippen molar-refractivity contribution in [2.24, 2.45) is 0 Å². The van der Waals surface area contributed by atoms with Crippen molar-refractivity contribution in [3.05, 3.63) is 90.5 Å². The van der Waals surface area contributed by atoms with Crippen molar-refractivity contribution >= 4 is 22.8 Å². The van der Waals surface area contributed by atoms with Crippen LogP contribution in [0.1, 0.15) is 23.2 Å². The molecule has 1 atom stereocenters. The van der Waals surface area contributed by atoms with Crippen LogP contribution in [0.4, 0.5) is 0 Å². The highest BCUT2D eigenvalue weighted by Crippen LogP contribution is 2.28. The smallest absolute Gasteiger partial charge is 0.339 e. The van der Waals surface area contributed by atoms with Gasteiger partial charge < -0.3 is 14.8 Å². The van der Waals surface area contributed by atoms with Crippen LogP contribution in [-0.2, 0) is 14.3 Å². The monoisotopic (exact) mass is 466 g/mol. The summed E-state index contributed by atoms with van der Waals surface area (Å²) < 4.78 is 10.9. The molecule has 3 aromatic carbocycles. The lowest BCUT2D eigenvalue weighted by Crippen LogP contribution is -2.34. The van der Waals surface area contributed by atoms with Crippen molar-refractivity contribution in [1.29, 1.82) is 0 Å². The van der Waals surface area contributed by atoms with Crippen molar-refractivity contribution in [3.8, 4) is 22.4 Å². The van der Waals surface area contributed by atoms with E-state index in [0.29, 0.717) is 28.7 Å². The van der Waals surface area contributed by atoms with Crippen LogP contribution in [0.2, 0.25) is 0 Å². The number of hydrogen-bond donors (Lipinski definition) is 1. The number of rotatable bonds is 7. The Bertz CT molecular complexity index is 1330. The minimum absolute atomic E-state index is 0.0367. The molecule has 2 heterocycles. The van der Waals surface area contributed by atoms with E-state index in [1.165, 1.54) is 0 Å². The summed E-state index contributed by atoms with van der Waals surface area (Å²) in [6.45, 7) is 0.808. The summed E-state index contributed by atoms with van der Waals surface area (Å²) >= 11 is 0. The fourth-order valence-corrected chi connectivity index (χ4v) is 4.25. The first-order chi connectivity index (χ1) is 17.2. The number of hydrogen-bond acceptors (Lipinski definition) is 5. The molecule has 176 valence electrons. The standard InChI is InChI=1S/C29H26N2O4/c32-28(30-18-23-9-6-16-34-23)19-35-29(33)25-17-27(31-26-11-5-4-10-24(25)26)22-14-12-21(13-15-22)20-7-2-1-3-8-20/h1-5,7-8,10-15,17,23H,6,9,16,18-19H2,(H,30,32). The fraction of sp³-hybridized carbons (Fsp3) is 0.207. The molecule has 1 saturated heterocycles. The van der Waals surface area contributed by atoms with Crippen molar-refractivity contribution in [2.45, 2.75) is 18.9 Å². The molecule has 4 aromatic rings. The van der Waals surface area contributed by atoms with Gasteiger partial charge >= 0.3 is 5.97 Å². The zero-order chi connectivity index (χ0) is 24.0. The molecule has 1 amide bonds. The summed E-state index contributed by atoms with van der Waals surface area (Å²) in [5.41, 5.74) is 4.85. The molecule has 1 aliphatic rings. The summed E-state index contributed by atoms with van der Waals surface area (Å²) in [5, 5.41) is 3.45. The second kappa shape index (κ2) is 10.5. The van der Waals surface area contributed by atoms with Gasteiger partial charge in [-0.15, -0.1) is 0 Å². The molecule has 0 bridgehead atoms. The van der Waals surface area contributed by atoms with Crippen molar-refractivity contribution < 1.29 is 19.1 Å². The Labute approximate surface area is 203 Å². The Hall–Kier alpha value is -4.03. The van der Waals surface area contributed by atoms with E-state index in [9.17, 15) is 9.59 Å². The van der Waals surface area contributed by atoms with E-state index in [1.54, 1.807) is 6.07 Å². The van der Waals surface area contributed by atoms with Crippen LogP contribution >= 0.6 is 0 Å². The molecule has 1 unspecified atom stereocenters. The fourth-order valence-electron chi connectivity index (χ4n) is 4.25. The number of carbonyl (C=O) groups is 2. The number of carbonyl (C=O) groups excluding carboxylic acids is 2. The average molecular weight is 467 g/mol. The van der Waals surface area contributed by atoms with E-state index < -0.39 is 5.97 Å².